The number of fused-ring (bicyclic) bond motifs is 1. The summed E-state index contributed by atoms with van der Waals surface area (Å²) in [6, 6.07) is 24.6. The van der Waals surface area contributed by atoms with E-state index in [4.69, 9.17) is 4.42 Å². The molecule has 0 amide bonds. The minimum absolute atomic E-state index is 0.685. The highest BCUT2D eigenvalue weighted by molar-refractivity contribution is 7.97. The van der Waals surface area contributed by atoms with Gasteiger partial charge in [0.15, 0.2) is 5.58 Å². The number of nitrogens with zero attached hydrogens (tertiary/aromatic N) is 1. The molecule has 0 fully saturated rings. The van der Waals surface area contributed by atoms with Gasteiger partial charge >= 0.3 is 0 Å². The highest BCUT2D eigenvalue weighted by Crippen LogP contribution is 2.31. The molecule has 0 saturated carbocycles. The van der Waals surface area contributed by atoms with E-state index in [1.807, 2.05) is 30.3 Å². The SMILES string of the molecule is CSCc1c(C=Cc2ccccc2)cccc1-c1nc2ccccc2o1. The van der Waals surface area contributed by atoms with Crippen LogP contribution in [-0.2, 0) is 5.75 Å². The maximum atomic E-state index is 6.01. The zero-order valence-corrected chi connectivity index (χ0v) is 15.4. The Morgan fingerprint density at radius 1 is 0.885 bits per heavy atom. The lowest BCUT2D eigenvalue weighted by Gasteiger charge is -2.09. The van der Waals surface area contributed by atoms with Gasteiger partial charge in [-0.05, 0) is 41.1 Å². The van der Waals surface area contributed by atoms with E-state index in [9.17, 15) is 0 Å². The van der Waals surface area contributed by atoms with Gasteiger partial charge in [0.25, 0.3) is 0 Å². The largest absolute Gasteiger partial charge is 0.436 e. The summed E-state index contributed by atoms with van der Waals surface area (Å²) in [4.78, 5) is 4.69. The molecular weight excluding hydrogens is 338 g/mol. The van der Waals surface area contributed by atoms with E-state index in [-0.39, 0.29) is 0 Å². The standard InChI is InChI=1S/C23H19NOS/c1-26-16-20-18(15-14-17-8-3-2-4-9-17)10-7-11-19(20)23-24-21-12-5-6-13-22(21)25-23/h2-15H,16H2,1H3. The van der Waals surface area contributed by atoms with Gasteiger partial charge in [0, 0.05) is 11.3 Å². The maximum Gasteiger partial charge on any atom is 0.227 e. The molecule has 0 spiro atoms. The summed E-state index contributed by atoms with van der Waals surface area (Å²) in [6.07, 6.45) is 6.44. The van der Waals surface area contributed by atoms with Crippen LogP contribution in [0.1, 0.15) is 16.7 Å². The first-order valence-electron chi connectivity index (χ1n) is 8.55. The number of rotatable bonds is 5. The minimum atomic E-state index is 0.685. The summed E-state index contributed by atoms with van der Waals surface area (Å²) in [6.45, 7) is 0. The number of benzene rings is 3. The summed E-state index contributed by atoms with van der Waals surface area (Å²) >= 11 is 1.80. The molecule has 1 heterocycles. The maximum absolute atomic E-state index is 6.01. The third-order valence-corrected chi connectivity index (χ3v) is 4.86. The van der Waals surface area contributed by atoms with Gasteiger partial charge in [-0.15, -0.1) is 0 Å². The van der Waals surface area contributed by atoms with Crippen LogP contribution in [0.15, 0.2) is 77.2 Å². The summed E-state index contributed by atoms with van der Waals surface area (Å²) in [7, 11) is 0. The Bertz CT molecular complexity index is 1020. The van der Waals surface area contributed by atoms with E-state index < -0.39 is 0 Å². The summed E-state index contributed by atoms with van der Waals surface area (Å²) in [5.41, 5.74) is 6.41. The minimum Gasteiger partial charge on any atom is -0.436 e. The summed E-state index contributed by atoms with van der Waals surface area (Å²) in [5, 5.41) is 0. The van der Waals surface area contributed by atoms with Crippen molar-refractivity contribution >= 4 is 35.0 Å². The fraction of sp³-hybridized carbons (Fsp3) is 0.0870. The van der Waals surface area contributed by atoms with Crippen molar-refractivity contribution in [2.24, 2.45) is 0 Å². The Labute approximate surface area is 157 Å². The third-order valence-electron chi connectivity index (χ3n) is 4.28. The Kier molecular flexibility index (Phi) is 4.89. The molecule has 1 aromatic heterocycles. The first-order chi connectivity index (χ1) is 12.8. The second-order valence-electron chi connectivity index (χ2n) is 6.04. The highest BCUT2D eigenvalue weighted by Gasteiger charge is 2.14. The number of para-hydroxylation sites is 2. The summed E-state index contributed by atoms with van der Waals surface area (Å²) in [5.74, 6) is 1.59. The van der Waals surface area contributed by atoms with Crippen LogP contribution in [0.25, 0.3) is 34.7 Å². The number of hydrogen-bond donors (Lipinski definition) is 0. The van der Waals surface area contributed by atoms with Gasteiger partial charge in [0.2, 0.25) is 5.89 Å². The van der Waals surface area contributed by atoms with Gasteiger partial charge < -0.3 is 4.42 Å². The molecule has 0 saturated heterocycles. The first kappa shape index (κ1) is 16.7. The lowest BCUT2D eigenvalue weighted by Crippen LogP contribution is -1.92. The number of hydrogen-bond acceptors (Lipinski definition) is 3. The molecule has 2 nitrogen and oxygen atoms in total. The van der Waals surface area contributed by atoms with Crippen molar-refractivity contribution in [1.82, 2.24) is 4.98 Å². The van der Waals surface area contributed by atoms with E-state index in [2.05, 4.69) is 65.9 Å². The monoisotopic (exact) mass is 357 g/mol. The summed E-state index contributed by atoms with van der Waals surface area (Å²) < 4.78 is 6.01. The molecule has 26 heavy (non-hydrogen) atoms. The molecule has 4 rings (SSSR count). The van der Waals surface area contributed by atoms with Crippen LogP contribution >= 0.6 is 11.8 Å². The van der Waals surface area contributed by atoms with Gasteiger partial charge in [-0.3, -0.25) is 0 Å². The van der Waals surface area contributed by atoms with Crippen molar-refractivity contribution in [3.63, 3.8) is 0 Å². The van der Waals surface area contributed by atoms with Gasteiger partial charge in [0.05, 0.1) is 0 Å². The Morgan fingerprint density at radius 2 is 1.69 bits per heavy atom. The fourth-order valence-corrected chi connectivity index (χ4v) is 3.62. The molecule has 0 atom stereocenters. The van der Waals surface area contributed by atoms with Crippen LogP contribution in [0.4, 0.5) is 0 Å². The Morgan fingerprint density at radius 3 is 2.50 bits per heavy atom. The van der Waals surface area contributed by atoms with Crippen molar-refractivity contribution < 1.29 is 4.42 Å². The normalized spacial score (nSPS) is 11.4. The predicted octanol–water partition coefficient (Wildman–Crippen LogP) is 6.53. The third kappa shape index (κ3) is 3.44. The van der Waals surface area contributed by atoms with Crippen LogP contribution < -0.4 is 0 Å². The van der Waals surface area contributed by atoms with Gasteiger partial charge in [0.1, 0.15) is 5.52 Å². The Balaban J connectivity index is 1.78. The number of oxazole rings is 1. The van der Waals surface area contributed by atoms with Gasteiger partial charge in [-0.25, -0.2) is 4.98 Å². The molecule has 0 unspecified atom stereocenters. The second kappa shape index (κ2) is 7.63. The average Bonchev–Trinajstić information content (AvgIpc) is 3.12. The van der Waals surface area contributed by atoms with E-state index in [0.29, 0.717) is 5.89 Å². The van der Waals surface area contributed by atoms with E-state index in [1.165, 1.54) is 16.7 Å². The van der Waals surface area contributed by atoms with Crippen molar-refractivity contribution in [2.45, 2.75) is 5.75 Å². The molecular formula is C23H19NOS. The smallest absolute Gasteiger partial charge is 0.227 e. The van der Waals surface area contributed by atoms with Crippen molar-refractivity contribution in [2.75, 3.05) is 6.26 Å². The fourth-order valence-electron chi connectivity index (χ4n) is 3.00. The lowest BCUT2D eigenvalue weighted by atomic mass is 10.0. The van der Waals surface area contributed by atoms with Gasteiger partial charge in [-0.2, -0.15) is 11.8 Å². The zero-order valence-electron chi connectivity index (χ0n) is 14.6. The van der Waals surface area contributed by atoms with Crippen LogP contribution in [0.3, 0.4) is 0 Å². The van der Waals surface area contributed by atoms with E-state index >= 15 is 0 Å². The molecule has 3 heteroatoms. The van der Waals surface area contributed by atoms with Crippen LogP contribution in [-0.4, -0.2) is 11.2 Å². The van der Waals surface area contributed by atoms with E-state index in [1.54, 1.807) is 11.8 Å². The Hall–Kier alpha value is -2.78. The molecule has 4 aromatic rings. The molecule has 0 N–H and O–H groups in total. The number of thioether (sulfide) groups is 1. The number of aromatic nitrogens is 1. The van der Waals surface area contributed by atoms with Crippen molar-refractivity contribution in [1.29, 1.82) is 0 Å². The first-order valence-corrected chi connectivity index (χ1v) is 9.94. The molecule has 128 valence electrons. The van der Waals surface area contributed by atoms with Gasteiger partial charge in [-0.1, -0.05) is 66.7 Å². The highest BCUT2D eigenvalue weighted by atomic mass is 32.2. The lowest BCUT2D eigenvalue weighted by molar-refractivity contribution is 0.619. The molecule has 0 radical (unpaired) electrons. The molecule has 0 aliphatic rings. The molecule has 0 aliphatic heterocycles. The predicted molar refractivity (Wildman–Crippen MR) is 112 cm³/mol. The van der Waals surface area contributed by atoms with Crippen LogP contribution in [0.5, 0.6) is 0 Å². The topological polar surface area (TPSA) is 26.0 Å². The zero-order chi connectivity index (χ0) is 17.8. The molecule has 0 bridgehead atoms. The second-order valence-corrected chi connectivity index (χ2v) is 6.90. The van der Waals surface area contributed by atoms with E-state index in [0.717, 1.165) is 22.4 Å². The average molecular weight is 357 g/mol. The van der Waals surface area contributed by atoms with Crippen LogP contribution in [0, 0.1) is 0 Å². The quantitative estimate of drug-likeness (QED) is 0.380. The van der Waals surface area contributed by atoms with Crippen molar-refractivity contribution in [3.8, 4) is 11.5 Å². The van der Waals surface area contributed by atoms with Crippen LogP contribution in [0.2, 0.25) is 0 Å². The molecule has 3 aromatic carbocycles. The van der Waals surface area contributed by atoms with Crippen molar-refractivity contribution in [3.05, 3.63) is 89.5 Å². The molecule has 0 aliphatic carbocycles.